The highest BCUT2D eigenvalue weighted by atomic mass is 35.5. The van der Waals surface area contributed by atoms with E-state index in [2.05, 4.69) is 10.6 Å². The molecule has 2 aromatic carbocycles. The van der Waals surface area contributed by atoms with E-state index in [1.807, 2.05) is 0 Å². The van der Waals surface area contributed by atoms with Crippen molar-refractivity contribution < 1.29 is 18.4 Å². The molecule has 2 N–H and O–H groups in total. The van der Waals surface area contributed by atoms with E-state index in [0.29, 0.717) is 16.8 Å². The van der Waals surface area contributed by atoms with Gasteiger partial charge in [-0.1, -0.05) is 23.2 Å². The number of carbonyl (C=O) groups is 2. The second-order valence-electron chi connectivity index (χ2n) is 5.79. The van der Waals surface area contributed by atoms with E-state index in [4.69, 9.17) is 23.2 Å². The Balaban J connectivity index is 2.13. The molecule has 0 heterocycles. The van der Waals surface area contributed by atoms with Gasteiger partial charge in [0.2, 0.25) is 11.8 Å². The van der Waals surface area contributed by atoms with Crippen molar-refractivity contribution in [1.82, 2.24) is 0 Å². The van der Waals surface area contributed by atoms with E-state index in [-0.39, 0.29) is 10.7 Å². The molecule has 0 aromatic heterocycles. The van der Waals surface area contributed by atoms with Gasteiger partial charge in [-0.2, -0.15) is 0 Å². The van der Waals surface area contributed by atoms with E-state index in [0.717, 1.165) is 12.1 Å². The van der Waals surface area contributed by atoms with Crippen molar-refractivity contribution in [3.05, 3.63) is 58.1 Å². The normalized spacial score (nSPS) is 11.1. The Hall–Kier alpha value is -2.18. The number of benzene rings is 2. The minimum absolute atomic E-state index is 0.221. The summed E-state index contributed by atoms with van der Waals surface area (Å²) in [7, 11) is 0. The summed E-state index contributed by atoms with van der Waals surface area (Å²) in [6.45, 7) is 2.74. The molecule has 132 valence electrons. The van der Waals surface area contributed by atoms with Crippen LogP contribution in [-0.4, -0.2) is 11.8 Å². The van der Waals surface area contributed by atoms with Gasteiger partial charge in [-0.25, -0.2) is 8.78 Å². The van der Waals surface area contributed by atoms with Gasteiger partial charge in [0.05, 0.1) is 15.7 Å². The summed E-state index contributed by atoms with van der Waals surface area (Å²) in [6, 6.07) is 7.19. The van der Waals surface area contributed by atoms with Crippen LogP contribution in [0.3, 0.4) is 0 Å². The summed E-state index contributed by atoms with van der Waals surface area (Å²) >= 11 is 11.7. The van der Waals surface area contributed by atoms with Gasteiger partial charge in [-0.05, 0) is 44.2 Å². The third kappa shape index (κ3) is 4.46. The molecule has 0 aliphatic carbocycles. The van der Waals surface area contributed by atoms with Crippen LogP contribution in [0.25, 0.3) is 0 Å². The minimum atomic E-state index is -1.53. The lowest BCUT2D eigenvalue weighted by Crippen LogP contribution is -2.41. The van der Waals surface area contributed by atoms with Crippen molar-refractivity contribution >= 4 is 46.4 Å². The third-order valence-electron chi connectivity index (χ3n) is 3.49. The molecule has 2 aromatic rings. The Bertz CT molecular complexity index is 841. The second-order valence-corrected chi connectivity index (χ2v) is 6.60. The summed E-state index contributed by atoms with van der Waals surface area (Å²) in [5.41, 5.74) is -1.40. The lowest BCUT2D eigenvalue weighted by Gasteiger charge is -2.23. The number of halogens is 4. The highest BCUT2D eigenvalue weighted by Crippen LogP contribution is 2.27. The lowest BCUT2D eigenvalue weighted by atomic mass is 9.90. The van der Waals surface area contributed by atoms with Crippen molar-refractivity contribution in [3.8, 4) is 0 Å². The molecule has 0 bridgehead atoms. The molecule has 0 saturated carbocycles. The maximum Gasteiger partial charge on any atom is 0.239 e. The van der Waals surface area contributed by atoms with Crippen molar-refractivity contribution in [2.24, 2.45) is 5.41 Å². The van der Waals surface area contributed by atoms with E-state index in [9.17, 15) is 18.4 Å². The first kappa shape index (κ1) is 19.1. The van der Waals surface area contributed by atoms with Gasteiger partial charge in [0.1, 0.15) is 17.0 Å². The Morgan fingerprint density at radius 2 is 1.56 bits per heavy atom. The summed E-state index contributed by atoms with van der Waals surface area (Å²) in [5, 5.41) is 5.39. The molecule has 8 heteroatoms. The predicted molar refractivity (Wildman–Crippen MR) is 93.9 cm³/mol. The lowest BCUT2D eigenvalue weighted by molar-refractivity contribution is -0.135. The maximum atomic E-state index is 13.6. The largest absolute Gasteiger partial charge is 0.325 e. The fourth-order valence-electron chi connectivity index (χ4n) is 1.83. The fraction of sp³-hybridized carbons (Fsp3) is 0.176. The predicted octanol–water partition coefficient (Wildman–Crippen LogP) is 4.88. The Morgan fingerprint density at radius 1 is 0.920 bits per heavy atom. The van der Waals surface area contributed by atoms with E-state index >= 15 is 0 Å². The van der Waals surface area contributed by atoms with Crippen LogP contribution in [0.4, 0.5) is 20.2 Å². The van der Waals surface area contributed by atoms with Crippen molar-refractivity contribution in [1.29, 1.82) is 0 Å². The summed E-state index contributed by atoms with van der Waals surface area (Å²) in [4.78, 5) is 24.7. The number of hydrogen-bond acceptors (Lipinski definition) is 2. The van der Waals surface area contributed by atoms with E-state index in [1.165, 1.54) is 32.0 Å². The van der Waals surface area contributed by atoms with Crippen LogP contribution in [0.1, 0.15) is 13.8 Å². The summed E-state index contributed by atoms with van der Waals surface area (Å²) < 4.78 is 26.6. The van der Waals surface area contributed by atoms with Crippen LogP contribution >= 0.6 is 23.2 Å². The smallest absolute Gasteiger partial charge is 0.239 e. The zero-order chi connectivity index (χ0) is 18.8. The Labute approximate surface area is 153 Å². The molecule has 0 saturated heterocycles. The van der Waals surface area contributed by atoms with Crippen LogP contribution in [0.2, 0.25) is 10.0 Å². The molecular weight excluding hydrogens is 373 g/mol. The zero-order valence-corrected chi connectivity index (χ0v) is 14.8. The topological polar surface area (TPSA) is 58.2 Å². The molecule has 25 heavy (non-hydrogen) atoms. The zero-order valence-electron chi connectivity index (χ0n) is 13.3. The van der Waals surface area contributed by atoms with Crippen molar-refractivity contribution in [3.63, 3.8) is 0 Å². The number of amides is 2. The van der Waals surface area contributed by atoms with Crippen LogP contribution < -0.4 is 10.6 Å². The van der Waals surface area contributed by atoms with Gasteiger partial charge in [-0.3, -0.25) is 9.59 Å². The molecule has 2 rings (SSSR count). The average molecular weight is 387 g/mol. The average Bonchev–Trinajstić information content (AvgIpc) is 2.53. The number of anilines is 2. The van der Waals surface area contributed by atoms with Crippen LogP contribution in [0.15, 0.2) is 36.4 Å². The minimum Gasteiger partial charge on any atom is -0.325 e. The van der Waals surface area contributed by atoms with Gasteiger partial charge >= 0.3 is 0 Å². The Kier molecular flexibility index (Phi) is 5.65. The first-order valence-corrected chi connectivity index (χ1v) is 7.90. The fourth-order valence-corrected chi connectivity index (χ4v) is 2.13. The first-order chi connectivity index (χ1) is 11.6. The van der Waals surface area contributed by atoms with Crippen molar-refractivity contribution in [2.45, 2.75) is 13.8 Å². The Morgan fingerprint density at radius 3 is 2.16 bits per heavy atom. The van der Waals surface area contributed by atoms with Gasteiger partial charge < -0.3 is 10.6 Å². The number of carbonyl (C=O) groups excluding carboxylic acids is 2. The summed E-state index contributed by atoms with van der Waals surface area (Å²) in [6.07, 6.45) is 0. The number of nitrogens with one attached hydrogen (secondary N) is 2. The quantitative estimate of drug-likeness (QED) is 0.735. The van der Waals surface area contributed by atoms with Crippen LogP contribution in [0, 0.1) is 17.0 Å². The molecule has 0 spiro atoms. The van der Waals surface area contributed by atoms with Gasteiger partial charge in [0, 0.05) is 11.8 Å². The monoisotopic (exact) mass is 386 g/mol. The molecule has 0 aliphatic rings. The first-order valence-electron chi connectivity index (χ1n) is 7.14. The number of hydrogen-bond donors (Lipinski definition) is 2. The van der Waals surface area contributed by atoms with Gasteiger partial charge in [0.15, 0.2) is 0 Å². The highest BCUT2D eigenvalue weighted by Gasteiger charge is 2.36. The van der Waals surface area contributed by atoms with Crippen LogP contribution in [-0.2, 0) is 9.59 Å². The molecule has 0 radical (unpaired) electrons. The molecule has 0 aliphatic heterocycles. The van der Waals surface area contributed by atoms with E-state index < -0.39 is 28.9 Å². The molecule has 0 atom stereocenters. The SMILES string of the molecule is CC(C)(C(=O)Nc1ccc(Cl)c(Cl)c1)C(=O)Nc1ccc(F)cc1F. The third-order valence-corrected chi connectivity index (χ3v) is 4.23. The molecular formula is C17H14Cl2F2N2O2. The molecule has 2 amide bonds. The summed E-state index contributed by atoms with van der Waals surface area (Å²) in [5.74, 6) is -3.09. The molecule has 0 fully saturated rings. The molecule has 0 unspecified atom stereocenters. The maximum absolute atomic E-state index is 13.6. The van der Waals surface area contributed by atoms with E-state index in [1.54, 1.807) is 0 Å². The van der Waals surface area contributed by atoms with Crippen LogP contribution in [0.5, 0.6) is 0 Å². The highest BCUT2D eigenvalue weighted by molar-refractivity contribution is 6.42. The molecule has 4 nitrogen and oxygen atoms in total. The van der Waals surface area contributed by atoms with Crippen molar-refractivity contribution in [2.75, 3.05) is 10.6 Å². The standard InChI is InChI=1S/C17H14Cl2F2N2O2/c1-17(2,15(24)22-10-4-5-11(18)12(19)8-10)16(25)23-14-6-3-9(20)7-13(14)21/h3-8H,1-2H3,(H,22,24)(H,23,25). The second kappa shape index (κ2) is 7.37. The van der Waals surface area contributed by atoms with Gasteiger partial charge in [0.25, 0.3) is 0 Å². The number of rotatable bonds is 4. The van der Waals surface area contributed by atoms with Gasteiger partial charge in [-0.15, -0.1) is 0 Å².